The number of hydrogen-bond donors (Lipinski definition) is 0. The summed E-state index contributed by atoms with van der Waals surface area (Å²) < 4.78 is 16.8. The van der Waals surface area contributed by atoms with Crippen molar-refractivity contribution >= 4 is 17.9 Å². The topological polar surface area (TPSA) is 78.9 Å². The van der Waals surface area contributed by atoms with Gasteiger partial charge in [0.25, 0.3) is 0 Å². The Morgan fingerprint density at radius 2 is 0.548 bits per heavy atom. The molecule has 0 radical (unpaired) electrons. The van der Waals surface area contributed by atoms with Crippen LogP contribution in [0.2, 0.25) is 0 Å². The van der Waals surface area contributed by atoms with E-state index in [1.807, 2.05) is 0 Å². The molecule has 1 unspecified atom stereocenters. The van der Waals surface area contributed by atoms with Gasteiger partial charge < -0.3 is 14.2 Å². The maximum Gasteiger partial charge on any atom is 0.306 e. The Bertz CT molecular complexity index is 962. The van der Waals surface area contributed by atoms with Gasteiger partial charge in [-0.3, -0.25) is 14.4 Å². The van der Waals surface area contributed by atoms with Crippen molar-refractivity contribution in [3.05, 3.63) is 12.2 Å². The van der Waals surface area contributed by atoms with Gasteiger partial charge in [-0.15, -0.1) is 0 Å². The zero-order valence-corrected chi connectivity index (χ0v) is 41.9. The molecular weight excluding hydrogens is 769 g/mol. The molecule has 0 amide bonds. The summed E-state index contributed by atoms with van der Waals surface area (Å²) in [5.41, 5.74) is 0. The van der Waals surface area contributed by atoms with Crippen LogP contribution in [0.4, 0.5) is 0 Å². The van der Waals surface area contributed by atoms with E-state index < -0.39 is 6.10 Å². The fraction of sp³-hybridized carbons (Fsp3) is 0.911. The third kappa shape index (κ3) is 49.2. The van der Waals surface area contributed by atoms with Gasteiger partial charge in [-0.2, -0.15) is 0 Å². The minimum absolute atomic E-state index is 0.0678. The summed E-state index contributed by atoms with van der Waals surface area (Å²) >= 11 is 0. The SMILES string of the molecule is CCCC/C=C\CCCCCCC(=O)OCC(COC(=O)CCCCCCCCCCCCCCCCCCCC)OC(=O)CCCCCCCCCCCCCCCCCC. The van der Waals surface area contributed by atoms with E-state index in [1.165, 1.54) is 193 Å². The second-order valence-corrected chi connectivity index (χ2v) is 18.9. The van der Waals surface area contributed by atoms with Crippen LogP contribution < -0.4 is 0 Å². The molecule has 6 heteroatoms. The summed E-state index contributed by atoms with van der Waals surface area (Å²) in [4.78, 5) is 38.0. The van der Waals surface area contributed by atoms with Gasteiger partial charge in [0, 0.05) is 19.3 Å². The van der Waals surface area contributed by atoms with Crippen LogP contribution in [-0.2, 0) is 28.6 Å². The van der Waals surface area contributed by atoms with Crippen LogP contribution in [0.15, 0.2) is 12.2 Å². The summed E-state index contributed by atoms with van der Waals surface area (Å²) in [5, 5.41) is 0. The van der Waals surface area contributed by atoms with Gasteiger partial charge in [0.05, 0.1) is 0 Å². The van der Waals surface area contributed by atoms with Crippen molar-refractivity contribution in [2.75, 3.05) is 13.2 Å². The number of carbonyl (C=O) groups excluding carboxylic acids is 3. The molecule has 0 aromatic carbocycles. The number of carbonyl (C=O) groups is 3. The molecule has 0 aromatic heterocycles. The number of hydrogen-bond acceptors (Lipinski definition) is 6. The predicted molar refractivity (Wildman–Crippen MR) is 266 cm³/mol. The molecule has 0 aromatic rings. The van der Waals surface area contributed by atoms with Gasteiger partial charge in [-0.05, 0) is 38.5 Å². The lowest BCUT2D eigenvalue weighted by Crippen LogP contribution is -2.30. The highest BCUT2D eigenvalue weighted by Gasteiger charge is 2.19. The van der Waals surface area contributed by atoms with E-state index in [-0.39, 0.29) is 31.1 Å². The molecule has 0 aliphatic carbocycles. The van der Waals surface area contributed by atoms with Gasteiger partial charge in [0.15, 0.2) is 6.10 Å². The molecular formula is C56H106O6. The average molecular weight is 875 g/mol. The van der Waals surface area contributed by atoms with Crippen LogP contribution in [-0.4, -0.2) is 37.2 Å². The normalized spacial score (nSPS) is 12.0. The van der Waals surface area contributed by atoms with E-state index in [0.717, 1.165) is 77.0 Å². The highest BCUT2D eigenvalue weighted by atomic mass is 16.6. The monoisotopic (exact) mass is 875 g/mol. The van der Waals surface area contributed by atoms with Crippen molar-refractivity contribution in [2.45, 2.75) is 316 Å². The standard InChI is InChI=1S/C56H106O6/c1-4-7-10-13-16-19-22-24-26-28-29-31-32-34-37-40-43-46-49-55(58)61-52-53(51-60-54(57)48-45-42-39-36-21-18-15-12-9-6-3)62-56(59)50-47-44-41-38-35-33-30-27-25-23-20-17-14-11-8-5-2/h15,18,53H,4-14,16-17,19-52H2,1-3H3/b18-15-. The van der Waals surface area contributed by atoms with Crippen molar-refractivity contribution in [2.24, 2.45) is 0 Å². The quantitative estimate of drug-likeness (QED) is 0.0262. The van der Waals surface area contributed by atoms with Gasteiger partial charge >= 0.3 is 17.9 Å². The smallest absolute Gasteiger partial charge is 0.306 e. The minimum Gasteiger partial charge on any atom is -0.462 e. The third-order valence-corrected chi connectivity index (χ3v) is 12.5. The predicted octanol–water partition coefficient (Wildman–Crippen LogP) is 18.2. The second-order valence-electron chi connectivity index (χ2n) is 18.9. The van der Waals surface area contributed by atoms with Gasteiger partial charge in [-0.1, -0.05) is 264 Å². The van der Waals surface area contributed by atoms with Crippen molar-refractivity contribution in [3.63, 3.8) is 0 Å². The van der Waals surface area contributed by atoms with E-state index in [2.05, 4.69) is 32.9 Å². The highest BCUT2D eigenvalue weighted by molar-refractivity contribution is 5.71. The van der Waals surface area contributed by atoms with Crippen LogP contribution in [0, 0.1) is 0 Å². The molecule has 0 fully saturated rings. The van der Waals surface area contributed by atoms with E-state index in [4.69, 9.17) is 14.2 Å². The Labute approximate surface area is 386 Å². The van der Waals surface area contributed by atoms with E-state index in [0.29, 0.717) is 19.3 Å². The van der Waals surface area contributed by atoms with E-state index >= 15 is 0 Å². The molecule has 0 rings (SSSR count). The fourth-order valence-corrected chi connectivity index (χ4v) is 8.31. The number of rotatable bonds is 51. The molecule has 0 bridgehead atoms. The first kappa shape index (κ1) is 60.2. The fourth-order valence-electron chi connectivity index (χ4n) is 8.31. The lowest BCUT2D eigenvalue weighted by molar-refractivity contribution is -0.167. The highest BCUT2D eigenvalue weighted by Crippen LogP contribution is 2.17. The largest absolute Gasteiger partial charge is 0.462 e. The molecule has 0 saturated carbocycles. The van der Waals surface area contributed by atoms with Crippen LogP contribution in [0.25, 0.3) is 0 Å². The molecule has 0 N–H and O–H groups in total. The van der Waals surface area contributed by atoms with E-state index in [9.17, 15) is 14.4 Å². The van der Waals surface area contributed by atoms with Gasteiger partial charge in [0.1, 0.15) is 13.2 Å². The lowest BCUT2D eigenvalue weighted by atomic mass is 10.0. The molecule has 366 valence electrons. The van der Waals surface area contributed by atoms with E-state index in [1.54, 1.807) is 0 Å². The molecule has 1 atom stereocenters. The Kier molecular flexibility index (Phi) is 50.2. The zero-order valence-electron chi connectivity index (χ0n) is 41.9. The van der Waals surface area contributed by atoms with Crippen LogP contribution in [0.1, 0.15) is 310 Å². The Morgan fingerprint density at radius 1 is 0.306 bits per heavy atom. The number of unbranched alkanes of at least 4 members (excludes halogenated alkanes) is 38. The summed E-state index contributed by atoms with van der Waals surface area (Å²) in [5.74, 6) is -0.861. The van der Waals surface area contributed by atoms with Crippen molar-refractivity contribution in [1.82, 2.24) is 0 Å². The van der Waals surface area contributed by atoms with Crippen molar-refractivity contribution in [1.29, 1.82) is 0 Å². The first-order chi connectivity index (χ1) is 30.5. The lowest BCUT2D eigenvalue weighted by Gasteiger charge is -2.18. The molecule has 0 aliphatic heterocycles. The Morgan fingerprint density at radius 3 is 0.855 bits per heavy atom. The molecule has 0 saturated heterocycles. The maximum absolute atomic E-state index is 12.8. The number of esters is 3. The number of ether oxygens (including phenoxy) is 3. The first-order valence-corrected chi connectivity index (χ1v) is 27.7. The average Bonchev–Trinajstić information content (AvgIpc) is 3.27. The third-order valence-electron chi connectivity index (χ3n) is 12.5. The summed E-state index contributed by atoms with van der Waals surface area (Å²) in [6.45, 7) is 6.64. The maximum atomic E-state index is 12.8. The van der Waals surface area contributed by atoms with Gasteiger partial charge in [0.2, 0.25) is 0 Å². The minimum atomic E-state index is -0.767. The molecule has 0 heterocycles. The second kappa shape index (κ2) is 51.8. The Balaban J connectivity index is 4.26. The van der Waals surface area contributed by atoms with Crippen LogP contribution >= 0.6 is 0 Å². The first-order valence-electron chi connectivity index (χ1n) is 27.7. The van der Waals surface area contributed by atoms with Gasteiger partial charge in [-0.25, -0.2) is 0 Å². The van der Waals surface area contributed by atoms with Crippen LogP contribution in [0.5, 0.6) is 0 Å². The molecule has 0 spiro atoms. The molecule has 62 heavy (non-hydrogen) atoms. The summed E-state index contributed by atoms with van der Waals surface area (Å²) in [6, 6.07) is 0. The molecule has 6 nitrogen and oxygen atoms in total. The summed E-state index contributed by atoms with van der Waals surface area (Å²) in [7, 11) is 0. The zero-order chi connectivity index (χ0) is 45.1. The number of allylic oxidation sites excluding steroid dienone is 2. The molecule has 0 aliphatic rings. The van der Waals surface area contributed by atoms with Crippen molar-refractivity contribution in [3.8, 4) is 0 Å². The van der Waals surface area contributed by atoms with Crippen LogP contribution in [0.3, 0.4) is 0 Å². The van der Waals surface area contributed by atoms with Crippen molar-refractivity contribution < 1.29 is 28.6 Å². The summed E-state index contributed by atoms with van der Waals surface area (Å²) in [6.07, 6.45) is 57.8. The Hall–Kier alpha value is -1.85.